The highest BCUT2D eigenvalue weighted by Crippen LogP contribution is 2.19. The fraction of sp³-hybridized carbons (Fsp3) is 0.400. The van der Waals surface area contributed by atoms with Crippen LogP contribution in [0.1, 0.15) is 43.7 Å². The lowest BCUT2D eigenvalue weighted by atomic mass is 10.1. The van der Waals surface area contributed by atoms with Crippen molar-refractivity contribution in [1.82, 2.24) is 0 Å². The van der Waals surface area contributed by atoms with Crippen molar-refractivity contribution in [1.29, 1.82) is 0 Å². The number of hydrogen-bond acceptors (Lipinski definition) is 3. The van der Waals surface area contributed by atoms with Gasteiger partial charge in [-0.15, -0.1) is 0 Å². The number of aromatic hydroxyl groups is 1. The lowest BCUT2D eigenvalue weighted by Gasteiger charge is -2.02. The summed E-state index contributed by atoms with van der Waals surface area (Å²) in [5.41, 5.74) is 1.27. The van der Waals surface area contributed by atoms with Crippen molar-refractivity contribution in [3.63, 3.8) is 0 Å². The van der Waals surface area contributed by atoms with Gasteiger partial charge >= 0.3 is 0 Å². The lowest BCUT2D eigenvalue weighted by Crippen LogP contribution is -1.92. The van der Waals surface area contributed by atoms with Crippen LogP contribution in [0.25, 0.3) is 6.08 Å². The average Bonchev–Trinajstić information content (AvgIpc) is 2.38. The number of benzene rings is 1. The zero-order valence-corrected chi connectivity index (χ0v) is 10.7. The van der Waals surface area contributed by atoms with Gasteiger partial charge in [-0.3, -0.25) is 4.79 Å². The van der Waals surface area contributed by atoms with Crippen LogP contribution in [0.15, 0.2) is 24.3 Å². The smallest absolute Gasteiger partial charge is 0.155 e. The molecule has 0 aromatic heterocycles. The second-order valence-corrected chi connectivity index (χ2v) is 4.30. The van der Waals surface area contributed by atoms with Crippen LogP contribution in [0.4, 0.5) is 0 Å². The molecular formula is C15H20O3. The van der Waals surface area contributed by atoms with Crippen molar-refractivity contribution in [2.45, 2.75) is 39.2 Å². The molecule has 0 heterocycles. The lowest BCUT2D eigenvalue weighted by molar-refractivity contribution is -0.114. The third-order valence-electron chi connectivity index (χ3n) is 2.76. The van der Waals surface area contributed by atoms with E-state index in [4.69, 9.17) is 5.11 Å². The first-order valence-electron chi connectivity index (χ1n) is 6.31. The number of ketones is 1. The Hall–Kier alpha value is -1.61. The third-order valence-corrected chi connectivity index (χ3v) is 2.76. The zero-order chi connectivity index (χ0) is 13.4. The summed E-state index contributed by atoms with van der Waals surface area (Å²) in [6.07, 6.45) is 6.96. The van der Waals surface area contributed by atoms with Crippen LogP contribution < -0.4 is 0 Å². The van der Waals surface area contributed by atoms with E-state index in [9.17, 15) is 9.90 Å². The minimum Gasteiger partial charge on any atom is -0.508 e. The zero-order valence-electron chi connectivity index (χ0n) is 10.7. The quantitative estimate of drug-likeness (QED) is 0.576. The molecule has 0 saturated carbocycles. The maximum absolute atomic E-state index is 11.5. The van der Waals surface area contributed by atoms with Gasteiger partial charge in [0.15, 0.2) is 5.78 Å². The van der Waals surface area contributed by atoms with E-state index in [1.165, 1.54) is 6.07 Å². The molecule has 0 aliphatic rings. The van der Waals surface area contributed by atoms with Crippen molar-refractivity contribution in [2.75, 3.05) is 0 Å². The molecule has 0 spiro atoms. The number of carbonyl (C=O) groups excluding carboxylic acids is 1. The van der Waals surface area contributed by atoms with Gasteiger partial charge in [-0.2, -0.15) is 0 Å². The minimum atomic E-state index is -0.210. The molecule has 3 nitrogen and oxygen atoms in total. The van der Waals surface area contributed by atoms with Gasteiger partial charge in [-0.1, -0.05) is 31.9 Å². The van der Waals surface area contributed by atoms with E-state index in [0.717, 1.165) is 24.8 Å². The molecule has 0 unspecified atom stereocenters. The maximum atomic E-state index is 11.5. The van der Waals surface area contributed by atoms with Crippen molar-refractivity contribution in [3.8, 4) is 5.75 Å². The second-order valence-electron chi connectivity index (χ2n) is 4.30. The Kier molecular flexibility index (Phi) is 6.15. The van der Waals surface area contributed by atoms with E-state index >= 15 is 0 Å². The number of rotatable bonds is 7. The predicted octanol–water partition coefficient (Wildman–Crippen LogP) is 3.05. The summed E-state index contributed by atoms with van der Waals surface area (Å²) in [7, 11) is 0. The van der Waals surface area contributed by atoms with Gasteiger partial charge in [0.1, 0.15) is 5.75 Å². The van der Waals surface area contributed by atoms with Crippen molar-refractivity contribution >= 4 is 11.9 Å². The first-order valence-corrected chi connectivity index (χ1v) is 6.31. The van der Waals surface area contributed by atoms with E-state index in [0.29, 0.717) is 12.0 Å². The monoisotopic (exact) mass is 248 g/mol. The molecule has 0 bridgehead atoms. The molecule has 3 heteroatoms. The first-order chi connectivity index (χ1) is 8.67. The molecule has 1 rings (SSSR count). The average molecular weight is 248 g/mol. The molecule has 2 N–H and O–H groups in total. The van der Waals surface area contributed by atoms with Gasteiger partial charge in [0.2, 0.25) is 0 Å². The molecule has 98 valence electrons. The molecular weight excluding hydrogens is 228 g/mol. The summed E-state index contributed by atoms with van der Waals surface area (Å²) < 4.78 is 0. The Labute approximate surface area is 108 Å². The van der Waals surface area contributed by atoms with Crippen LogP contribution in [-0.2, 0) is 11.4 Å². The van der Waals surface area contributed by atoms with E-state index in [1.807, 2.05) is 0 Å². The van der Waals surface area contributed by atoms with E-state index < -0.39 is 0 Å². The van der Waals surface area contributed by atoms with E-state index in [-0.39, 0.29) is 18.1 Å². The molecule has 0 aliphatic carbocycles. The van der Waals surface area contributed by atoms with Gasteiger partial charge in [-0.25, -0.2) is 0 Å². The third kappa shape index (κ3) is 4.72. The number of aliphatic hydroxyl groups is 1. The second kappa shape index (κ2) is 7.67. The van der Waals surface area contributed by atoms with Gasteiger partial charge in [0.05, 0.1) is 6.61 Å². The number of carbonyl (C=O) groups is 1. The fourth-order valence-electron chi connectivity index (χ4n) is 1.66. The number of hydrogen-bond donors (Lipinski definition) is 2. The van der Waals surface area contributed by atoms with Crippen LogP contribution >= 0.6 is 0 Å². The first kappa shape index (κ1) is 14.5. The van der Waals surface area contributed by atoms with Crippen LogP contribution in [0, 0.1) is 0 Å². The van der Waals surface area contributed by atoms with Crippen molar-refractivity contribution in [3.05, 3.63) is 35.4 Å². The standard InChI is InChI=1S/C15H20O3/c1-2-3-4-5-14(17)8-6-12-7-9-15(18)13(10-12)11-16/h6-10,16,18H,2-5,11H2,1H3. The van der Waals surface area contributed by atoms with Gasteiger partial charge in [0.25, 0.3) is 0 Å². The molecule has 0 aliphatic heterocycles. The highest BCUT2D eigenvalue weighted by atomic mass is 16.3. The minimum absolute atomic E-state index is 0.0731. The Morgan fingerprint density at radius 2 is 2.11 bits per heavy atom. The fourth-order valence-corrected chi connectivity index (χ4v) is 1.66. The number of aliphatic hydroxyl groups excluding tert-OH is 1. The Bertz CT molecular complexity index is 422. The molecule has 0 atom stereocenters. The maximum Gasteiger partial charge on any atom is 0.155 e. The van der Waals surface area contributed by atoms with Crippen molar-refractivity contribution < 1.29 is 15.0 Å². The van der Waals surface area contributed by atoms with E-state index in [2.05, 4.69) is 6.92 Å². The Morgan fingerprint density at radius 1 is 1.33 bits per heavy atom. The number of phenols is 1. The highest BCUT2D eigenvalue weighted by molar-refractivity contribution is 5.93. The van der Waals surface area contributed by atoms with Crippen LogP contribution in [0.2, 0.25) is 0 Å². The Morgan fingerprint density at radius 3 is 2.78 bits per heavy atom. The normalized spacial score (nSPS) is 11.0. The molecule has 0 fully saturated rings. The van der Waals surface area contributed by atoms with Gasteiger partial charge < -0.3 is 10.2 Å². The number of allylic oxidation sites excluding steroid dienone is 1. The van der Waals surface area contributed by atoms with E-state index in [1.54, 1.807) is 24.3 Å². The molecule has 0 amide bonds. The van der Waals surface area contributed by atoms with Crippen LogP contribution in [0.5, 0.6) is 5.75 Å². The van der Waals surface area contributed by atoms with Gasteiger partial charge in [-0.05, 0) is 30.2 Å². The molecule has 1 aromatic rings. The predicted molar refractivity (Wildman–Crippen MR) is 72.2 cm³/mol. The summed E-state index contributed by atoms with van der Waals surface area (Å²) in [4.78, 5) is 11.5. The SMILES string of the molecule is CCCCCC(=O)C=Cc1ccc(O)c(CO)c1. The van der Waals surface area contributed by atoms with Gasteiger partial charge in [0, 0.05) is 12.0 Å². The van der Waals surface area contributed by atoms with Crippen LogP contribution in [0.3, 0.4) is 0 Å². The summed E-state index contributed by atoms with van der Waals surface area (Å²) >= 11 is 0. The molecule has 0 saturated heterocycles. The summed E-state index contributed by atoms with van der Waals surface area (Å²) in [6.45, 7) is 1.89. The summed E-state index contributed by atoms with van der Waals surface area (Å²) in [5, 5.41) is 18.4. The number of unbranched alkanes of at least 4 members (excludes halogenated alkanes) is 2. The largest absolute Gasteiger partial charge is 0.508 e. The van der Waals surface area contributed by atoms with Crippen molar-refractivity contribution in [2.24, 2.45) is 0 Å². The summed E-state index contributed by atoms with van der Waals surface area (Å²) in [6, 6.07) is 4.91. The highest BCUT2D eigenvalue weighted by Gasteiger charge is 2.00. The molecule has 0 radical (unpaired) electrons. The van der Waals surface area contributed by atoms with Crippen LogP contribution in [-0.4, -0.2) is 16.0 Å². The molecule has 18 heavy (non-hydrogen) atoms. The topological polar surface area (TPSA) is 57.5 Å². The molecule has 1 aromatic carbocycles. The Balaban J connectivity index is 2.58. The summed E-state index contributed by atoms with van der Waals surface area (Å²) in [5.74, 6) is 0.186.